The third-order valence-electron chi connectivity index (χ3n) is 21.5. The van der Waals surface area contributed by atoms with Crippen molar-refractivity contribution in [1.29, 1.82) is 0 Å². The zero-order valence-corrected chi connectivity index (χ0v) is 88.0. The van der Waals surface area contributed by atoms with Crippen LogP contribution < -0.4 is 0 Å². The number of halogens is 15. The summed E-state index contributed by atoms with van der Waals surface area (Å²) in [4.78, 5) is 49.0. The number of carbonyl (C=O) groups excluding carboxylic acids is 3. The van der Waals surface area contributed by atoms with Crippen molar-refractivity contribution in [3.63, 3.8) is 0 Å². The second kappa shape index (κ2) is 46.9. The van der Waals surface area contributed by atoms with Crippen molar-refractivity contribution in [2.24, 2.45) is 23.2 Å². The monoisotopic (exact) mass is 2450 g/mol. The molecule has 0 unspecified atom stereocenters. The fraction of sp³-hybridized carbons (Fsp3) is 0.417. The minimum Gasteiger partial charge on any atom is -0.512 e. The molecular weight excluding hydrogens is 2330 g/mol. The molecule has 0 saturated carbocycles. The molecule has 0 aliphatic heterocycles. The molecule has 12 rings (SSSR count). The summed E-state index contributed by atoms with van der Waals surface area (Å²) in [5.74, 6) is -14.6. The Morgan fingerprint density at radius 1 is 0.376 bits per heavy atom. The molecule has 0 aliphatic carbocycles. The standard InChI is InChI=1S/3C25H23F3NS.C11H18F2O2.C9H14F2O2.C8H12F2O2.3Ir/c3*1-15-18-10-12-29-22(23(18)30-21(15)9-11-25(26,27)28)17-13-16-7-5-6-8-19(16)20(14-17)24(2,3)4;1-7(2)8(14)6-9(15)10(3,4)11(5,12)13;1-6(2)4-7(12)5-8(13)9(3,10)11;1-5(2)6(11)4-7(12)8(3,9)10;;;/h3*5-8,10,12,14H,9,11H2,1-4H3;6-7,14H,1-5H3;5-6,12H,4H2,1-3H3;4-5,11H,1-3H3;;;/q3*-1;;;;;;. The number of aromatic nitrogens is 3. The van der Waals surface area contributed by atoms with Gasteiger partial charge in [0.05, 0.1) is 22.7 Å². The molecule has 3 N–H and O–H groups in total. The SMILES string of the molecule is CC(C)C(O)=CC(=O)C(C)(C)C(C)(F)F.CC(C)C(O)=CC(=O)C(C)(F)F.CC(C)CC(O)=CC(=O)C(C)(F)F.Cc1c(CCC(F)(F)F)sc2c(-c3[c-]c4ccccc4c(C(C)(C)C)c3)nccc12.Cc1c(CCC(F)(F)F)sc2c(-c3[c-]c4ccccc4c(C(C)(C)C)c3)nccc12.Cc1c(CCC(F)(F)F)sc2c(-c3[c-]c4ccccc4c(C(C)(C)C)c3)nccc12.[Ir].[Ir].[Ir]. The Kier molecular flexibility index (Phi) is 41.3. The number of hydrogen-bond acceptors (Lipinski definition) is 12. The van der Waals surface area contributed by atoms with Gasteiger partial charge in [0.15, 0.2) is 5.78 Å². The van der Waals surface area contributed by atoms with Crippen LogP contribution in [-0.2, 0) is 110 Å². The summed E-state index contributed by atoms with van der Waals surface area (Å²) in [5.41, 5.74) is 9.37. The quantitative estimate of drug-likeness (QED) is 0.0293. The predicted octanol–water partition coefficient (Wildman–Crippen LogP) is 32.4. The summed E-state index contributed by atoms with van der Waals surface area (Å²) in [6.45, 7) is 39.5. The molecule has 0 spiro atoms. The number of aliphatic hydroxyl groups is 3. The van der Waals surface area contributed by atoms with Gasteiger partial charge in [0.25, 0.3) is 5.92 Å². The molecule has 3 radical (unpaired) electrons. The first kappa shape index (κ1) is 117. The van der Waals surface area contributed by atoms with Crippen molar-refractivity contribution in [2.75, 3.05) is 0 Å². The molecule has 0 fully saturated rings. The van der Waals surface area contributed by atoms with Gasteiger partial charge in [-0.15, -0.1) is 121 Å². The van der Waals surface area contributed by atoms with Crippen LogP contribution in [0.15, 0.2) is 163 Å². The van der Waals surface area contributed by atoms with Crippen molar-refractivity contribution in [2.45, 2.75) is 257 Å². The van der Waals surface area contributed by atoms with E-state index >= 15 is 0 Å². The first-order chi connectivity index (χ1) is 59.6. The molecule has 6 aromatic carbocycles. The predicted molar refractivity (Wildman–Crippen MR) is 500 cm³/mol. The van der Waals surface area contributed by atoms with Gasteiger partial charge in [0.2, 0.25) is 11.6 Å². The smallest absolute Gasteiger partial charge is 0.389 e. The minimum absolute atomic E-state index is 0. The van der Waals surface area contributed by atoms with E-state index in [4.69, 9.17) is 10.2 Å². The van der Waals surface area contributed by atoms with E-state index < -0.39 is 78.3 Å². The number of nitrogens with zero attached hydrogens (tertiary/aromatic N) is 3. The Bertz CT molecular complexity index is 5660. The second-order valence-corrected chi connectivity index (χ2v) is 40.5. The summed E-state index contributed by atoms with van der Waals surface area (Å²) >= 11 is 4.27. The fourth-order valence-electron chi connectivity index (χ4n) is 13.5. The van der Waals surface area contributed by atoms with Crippen LogP contribution in [0.2, 0.25) is 0 Å². The molecule has 30 heteroatoms. The van der Waals surface area contributed by atoms with Gasteiger partial charge in [-0.25, -0.2) is 8.78 Å². The molecule has 0 atom stereocenters. The zero-order valence-electron chi connectivity index (χ0n) is 78.3. The molecule has 12 aromatic rings. The average molecular weight is 2450 g/mol. The van der Waals surface area contributed by atoms with Crippen LogP contribution in [0.1, 0.15) is 212 Å². The Balaban J connectivity index is 0.000000346. The zero-order chi connectivity index (χ0) is 98.1. The Morgan fingerprint density at radius 2 is 0.632 bits per heavy atom. The van der Waals surface area contributed by atoms with Crippen LogP contribution >= 0.6 is 34.0 Å². The van der Waals surface area contributed by atoms with E-state index in [9.17, 15) is 85.3 Å². The molecular formula is C103H113F15Ir3N3O6S3-3. The summed E-state index contributed by atoms with van der Waals surface area (Å²) in [6.07, 6.45) is -7.35. The molecule has 0 amide bonds. The van der Waals surface area contributed by atoms with Crippen molar-refractivity contribution >= 4 is 114 Å². The third kappa shape index (κ3) is 32.6. The van der Waals surface area contributed by atoms with Crippen LogP contribution in [0.25, 0.3) is 96.3 Å². The van der Waals surface area contributed by atoms with E-state index in [0.717, 1.165) is 134 Å². The molecule has 6 aromatic heterocycles. The number of ketones is 3. The van der Waals surface area contributed by atoms with Gasteiger partial charge >= 0.3 is 30.4 Å². The Morgan fingerprint density at radius 3 is 0.865 bits per heavy atom. The number of carbonyl (C=O) groups is 3. The number of aliphatic hydroxyl groups excluding tert-OH is 3. The van der Waals surface area contributed by atoms with Gasteiger partial charge in [-0.2, -0.15) is 57.1 Å². The Hall–Kier alpha value is -8.04. The van der Waals surface area contributed by atoms with Gasteiger partial charge in [-0.05, 0) is 127 Å². The summed E-state index contributed by atoms with van der Waals surface area (Å²) in [5, 5.41) is 36.8. The van der Waals surface area contributed by atoms with Crippen molar-refractivity contribution in [1.82, 2.24) is 15.0 Å². The van der Waals surface area contributed by atoms with E-state index in [1.54, 1.807) is 46.3 Å². The normalized spacial score (nSPS) is 12.8. The van der Waals surface area contributed by atoms with Crippen LogP contribution in [0, 0.1) is 62.1 Å². The summed E-state index contributed by atoms with van der Waals surface area (Å²) in [6, 6.07) is 47.1. The van der Waals surface area contributed by atoms with Crippen molar-refractivity contribution in [3.8, 4) is 33.8 Å². The maximum absolute atomic E-state index is 13.1. The first-order valence-corrected chi connectivity index (χ1v) is 44.7. The van der Waals surface area contributed by atoms with Crippen LogP contribution in [0.4, 0.5) is 65.9 Å². The van der Waals surface area contributed by atoms with E-state index in [2.05, 4.69) is 132 Å². The van der Waals surface area contributed by atoms with E-state index in [1.807, 2.05) is 107 Å². The maximum Gasteiger partial charge on any atom is 0.389 e. The first-order valence-electron chi connectivity index (χ1n) is 42.3. The van der Waals surface area contributed by atoms with E-state index in [-0.39, 0.29) is 137 Å². The van der Waals surface area contributed by atoms with Gasteiger partial charge in [0.1, 0.15) is 0 Å². The van der Waals surface area contributed by atoms with Gasteiger partial charge in [-0.1, -0.05) is 191 Å². The summed E-state index contributed by atoms with van der Waals surface area (Å²) in [7, 11) is 0. The van der Waals surface area contributed by atoms with E-state index in [1.165, 1.54) is 64.5 Å². The third-order valence-corrected chi connectivity index (χ3v) is 25.6. The van der Waals surface area contributed by atoms with Crippen molar-refractivity contribution < 1.29 is 156 Å². The van der Waals surface area contributed by atoms with Gasteiger partial charge in [0, 0.05) is 201 Å². The molecule has 0 aliphatic rings. The minimum atomic E-state index is -4.16. The molecule has 0 bridgehead atoms. The largest absolute Gasteiger partial charge is 0.512 e. The number of hydrogen-bond donors (Lipinski definition) is 3. The maximum atomic E-state index is 13.1. The van der Waals surface area contributed by atoms with Crippen LogP contribution in [0.5, 0.6) is 0 Å². The topological polar surface area (TPSA) is 151 Å². The van der Waals surface area contributed by atoms with Crippen molar-refractivity contribution in [3.05, 3.63) is 230 Å². The van der Waals surface area contributed by atoms with Gasteiger partial charge < -0.3 is 15.3 Å². The number of benzene rings is 6. The number of pyridine rings is 3. The average Bonchev–Trinajstić information content (AvgIpc) is 1.72. The fourth-order valence-corrected chi connectivity index (χ4v) is 17.4. The number of thiophene rings is 3. The molecule has 729 valence electrons. The Labute approximate surface area is 821 Å². The number of alkyl halides is 15. The summed E-state index contributed by atoms with van der Waals surface area (Å²) < 4.78 is 193. The number of fused-ring (bicyclic) bond motifs is 6. The van der Waals surface area contributed by atoms with Gasteiger partial charge in [-0.3, -0.25) is 29.3 Å². The second-order valence-electron chi connectivity index (χ2n) is 37.1. The number of rotatable bonds is 20. The number of allylic oxidation sites excluding steroid dienone is 6. The molecule has 6 heterocycles. The molecule has 133 heavy (non-hydrogen) atoms. The molecule has 0 saturated heterocycles. The van der Waals surface area contributed by atoms with E-state index in [0.29, 0.717) is 32.9 Å². The number of aryl methyl sites for hydroxylation is 6. The van der Waals surface area contributed by atoms with Crippen LogP contribution in [-0.4, -0.2) is 83.9 Å². The van der Waals surface area contributed by atoms with Crippen LogP contribution in [0.3, 0.4) is 0 Å². The molecule has 9 nitrogen and oxygen atoms in total.